The summed E-state index contributed by atoms with van der Waals surface area (Å²) < 4.78 is 6.13. The maximum absolute atomic E-state index is 6.13. The second kappa shape index (κ2) is 5.66. The third kappa shape index (κ3) is 2.81. The van der Waals surface area contributed by atoms with Gasteiger partial charge in [0.2, 0.25) is 0 Å². The maximum atomic E-state index is 6.13. The Morgan fingerprint density at radius 1 is 1.05 bits per heavy atom. The summed E-state index contributed by atoms with van der Waals surface area (Å²) in [4.78, 5) is 5.62. The van der Waals surface area contributed by atoms with E-state index in [9.17, 15) is 0 Å². The number of para-hydroxylation sites is 1. The maximum Gasteiger partial charge on any atom is 0.140 e. The zero-order chi connectivity index (χ0) is 14.8. The Bertz CT molecular complexity index is 802. The van der Waals surface area contributed by atoms with Gasteiger partial charge in [0.25, 0.3) is 0 Å². The predicted molar refractivity (Wildman–Crippen MR) is 89.2 cm³/mol. The molecule has 0 unspecified atom stereocenters. The minimum Gasteiger partial charge on any atom is -0.455 e. The van der Waals surface area contributed by atoms with Crippen LogP contribution in [0.1, 0.15) is 5.69 Å². The molecule has 0 bridgehead atoms. The summed E-state index contributed by atoms with van der Waals surface area (Å²) in [5, 5.41) is 0.927. The van der Waals surface area contributed by atoms with E-state index in [-0.39, 0.29) is 0 Å². The standard InChI is InChI=1S/C17H16N2OS/c1-11-9-16(13-10-12(18)7-8-14(13)19-11)20-15-5-3-4-6-17(15)21-2/h3-10H,18H2,1-2H3. The van der Waals surface area contributed by atoms with Crippen LogP contribution in [0.5, 0.6) is 11.5 Å². The quantitative estimate of drug-likeness (QED) is 0.565. The lowest BCUT2D eigenvalue weighted by atomic mass is 10.1. The van der Waals surface area contributed by atoms with Crippen LogP contribution in [0.2, 0.25) is 0 Å². The topological polar surface area (TPSA) is 48.1 Å². The first kappa shape index (κ1) is 13.8. The molecule has 3 rings (SSSR count). The summed E-state index contributed by atoms with van der Waals surface area (Å²) in [5.74, 6) is 1.63. The van der Waals surface area contributed by atoms with Crippen molar-refractivity contribution < 1.29 is 4.74 Å². The molecular weight excluding hydrogens is 280 g/mol. The number of aryl methyl sites for hydroxylation is 1. The average molecular weight is 296 g/mol. The van der Waals surface area contributed by atoms with E-state index < -0.39 is 0 Å². The van der Waals surface area contributed by atoms with E-state index in [1.165, 1.54) is 0 Å². The lowest BCUT2D eigenvalue weighted by Gasteiger charge is -2.12. The lowest BCUT2D eigenvalue weighted by Crippen LogP contribution is -1.93. The Morgan fingerprint density at radius 3 is 2.67 bits per heavy atom. The van der Waals surface area contributed by atoms with Crippen LogP contribution in [0.25, 0.3) is 10.9 Å². The highest BCUT2D eigenvalue weighted by Gasteiger charge is 2.09. The van der Waals surface area contributed by atoms with E-state index >= 15 is 0 Å². The van der Waals surface area contributed by atoms with Crippen molar-refractivity contribution in [2.24, 2.45) is 0 Å². The highest BCUT2D eigenvalue weighted by molar-refractivity contribution is 7.98. The molecule has 2 N–H and O–H groups in total. The largest absolute Gasteiger partial charge is 0.455 e. The Hall–Kier alpha value is -2.20. The summed E-state index contributed by atoms with van der Waals surface area (Å²) >= 11 is 1.66. The van der Waals surface area contributed by atoms with Crippen molar-refractivity contribution >= 4 is 28.4 Å². The average Bonchev–Trinajstić information content (AvgIpc) is 2.48. The molecule has 0 spiro atoms. The summed E-state index contributed by atoms with van der Waals surface area (Å²) in [6.07, 6.45) is 2.04. The highest BCUT2D eigenvalue weighted by atomic mass is 32.2. The monoisotopic (exact) mass is 296 g/mol. The number of benzene rings is 2. The number of nitrogen functional groups attached to an aromatic ring is 1. The van der Waals surface area contributed by atoms with E-state index in [0.29, 0.717) is 5.69 Å². The van der Waals surface area contributed by atoms with Crippen molar-refractivity contribution in [1.29, 1.82) is 0 Å². The van der Waals surface area contributed by atoms with Crippen LogP contribution in [0.15, 0.2) is 53.4 Å². The van der Waals surface area contributed by atoms with E-state index in [4.69, 9.17) is 10.5 Å². The fourth-order valence-electron chi connectivity index (χ4n) is 2.24. The first-order valence-corrected chi connectivity index (χ1v) is 7.87. The summed E-state index contributed by atoms with van der Waals surface area (Å²) in [6, 6.07) is 15.6. The number of nitrogens with zero attached hydrogens (tertiary/aromatic N) is 1. The highest BCUT2D eigenvalue weighted by Crippen LogP contribution is 2.35. The van der Waals surface area contributed by atoms with Crippen molar-refractivity contribution in [1.82, 2.24) is 4.98 Å². The van der Waals surface area contributed by atoms with Crippen LogP contribution >= 0.6 is 11.8 Å². The molecule has 1 heterocycles. The lowest BCUT2D eigenvalue weighted by molar-refractivity contribution is 0.476. The molecule has 4 heteroatoms. The molecule has 0 aliphatic rings. The number of aromatic nitrogens is 1. The number of rotatable bonds is 3. The van der Waals surface area contributed by atoms with Gasteiger partial charge in [0.1, 0.15) is 11.5 Å². The van der Waals surface area contributed by atoms with Gasteiger partial charge in [0.05, 0.1) is 5.52 Å². The number of hydrogen-bond acceptors (Lipinski definition) is 4. The summed E-state index contributed by atoms with van der Waals surface area (Å²) in [7, 11) is 0. The number of pyridine rings is 1. The number of thioether (sulfide) groups is 1. The van der Waals surface area contributed by atoms with Crippen LogP contribution in [-0.4, -0.2) is 11.2 Å². The molecule has 0 aliphatic heterocycles. The smallest absolute Gasteiger partial charge is 0.140 e. The van der Waals surface area contributed by atoms with Crippen LogP contribution in [-0.2, 0) is 0 Å². The van der Waals surface area contributed by atoms with Gasteiger partial charge in [0, 0.05) is 27.7 Å². The molecule has 3 aromatic rings. The summed E-state index contributed by atoms with van der Waals surface area (Å²) in [5.41, 5.74) is 8.41. The molecule has 21 heavy (non-hydrogen) atoms. The van der Waals surface area contributed by atoms with Crippen LogP contribution < -0.4 is 10.5 Å². The second-order valence-corrected chi connectivity index (χ2v) is 5.64. The normalized spacial score (nSPS) is 10.8. The Labute approximate surface area is 128 Å². The van der Waals surface area contributed by atoms with Crippen molar-refractivity contribution in [3.8, 4) is 11.5 Å². The third-order valence-electron chi connectivity index (χ3n) is 3.21. The molecule has 0 saturated carbocycles. The van der Waals surface area contributed by atoms with Crippen LogP contribution in [0.3, 0.4) is 0 Å². The van der Waals surface area contributed by atoms with Crippen molar-refractivity contribution in [3.05, 3.63) is 54.2 Å². The first-order valence-electron chi connectivity index (χ1n) is 6.65. The number of hydrogen-bond donors (Lipinski definition) is 1. The fourth-order valence-corrected chi connectivity index (χ4v) is 2.77. The molecule has 2 aromatic carbocycles. The Kier molecular flexibility index (Phi) is 3.71. The molecule has 1 aromatic heterocycles. The number of nitrogens with two attached hydrogens (primary N) is 1. The fraction of sp³-hybridized carbons (Fsp3) is 0.118. The minimum atomic E-state index is 0.705. The van der Waals surface area contributed by atoms with E-state index in [1.807, 2.05) is 61.7 Å². The molecule has 0 aliphatic carbocycles. The molecule has 0 radical (unpaired) electrons. The number of anilines is 1. The Balaban J connectivity index is 2.13. The molecular formula is C17H16N2OS. The first-order chi connectivity index (χ1) is 10.2. The van der Waals surface area contributed by atoms with E-state index in [1.54, 1.807) is 11.8 Å². The van der Waals surface area contributed by atoms with Gasteiger partial charge in [-0.25, -0.2) is 0 Å². The van der Waals surface area contributed by atoms with Crippen LogP contribution in [0, 0.1) is 6.92 Å². The van der Waals surface area contributed by atoms with E-state index in [0.717, 1.165) is 33.0 Å². The molecule has 0 fully saturated rings. The van der Waals surface area contributed by atoms with Crippen LogP contribution in [0.4, 0.5) is 5.69 Å². The zero-order valence-electron chi connectivity index (χ0n) is 12.0. The second-order valence-electron chi connectivity index (χ2n) is 4.79. The van der Waals surface area contributed by atoms with Gasteiger partial charge in [-0.2, -0.15) is 0 Å². The van der Waals surface area contributed by atoms with Gasteiger partial charge >= 0.3 is 0 Å². The summed E-state index contributed by atoms with van der Waals surface area (Å²) in [6.45, 7) is 1.96. The molecule has 0 atom stereocenters. The SMILES string of the molecule is CSc1ccccc1Oc1cc(C)nc2ccc(N)cc12. The predicted octanol–water partition coefficient (Wildman–Crippen LogP) is 4.64. The van der Waals surface area contributed by atoms with Gasteiger partial charge < -0.3 is 10.5 Å². The molecule has 0 amide bonds. The van der Waals surface area contributed by atoms with E-state index in [2.05, 4.69) is 4.98 Å². The van der Waals surface area contributed by atoms with Gasteiger partial charge in [-0.3, -0.25) is 4.98 Å². The van der Waals surface area contributed by atoms with Crippen molar-refractivity contribution in [2.45, 2.75) is 11.8 Å². The van der Waals surface area contributed by atoms with Crippen molar-refractivity contribution in [2.75, 3.05) is 12.0 Å². The molecule has 106 valence electrons. The Morgan fingerprint density at radius 2 is 1.86 bits per heavy atom. The van der Waals surface area contributed by atoms with Crippen molar-refractivity contribution in [3.63, 3.8) is 0 Å². The minimum absolute atomic E-state index is 0.705. The zero-order valence-corrected chi connectivity index (χ0v) is 12.8. The number of ether oxygens (including phenoxy) is 1. The van der Waals surface area contributed by atoms with Gasteiger partial charge in [-0.1, -0.05) is 12.1 Å². The van der Waals surface area contributed by atoms with Gasteiger partial charge in [-0.05, 0) is 43.5 Å². The number of fused-ring (bicyclic) bond motifs is 1. The molecule has 0 saturated heterocycles. The van der Waals surface area contributed by atoms with Gasteiger partial charge in [0.15, 0.2) is 0 Å². The third-order valence-corrected chi connectivity index (χ3v) is 3.99. The van der Waals surface area contributed by atoms with Gasteiger partial charge in [-0.15, -0.1) is 11.8 Å². The molecule has 3 nitrogen and oxygen atoms in total.